The van der Waals surface area contributed by atoms with E-state index in [9.17, 15) is 14.4 Å². The van der Waals surface area contributed by atoms with Crippen LogP contribution in [-0.4, -0.2) is 58.7 Å². The Morgan fingerprint density at radius 1 is 1.04 bits per heavy atom. The maximum absolute atomic E-state index is 12.6. The second-order valence-electron chi connectivity index (χ2n) is 6.47. The molecule has 120 valence electrons. The molecule has 0 radical (unpaired) electrons. The highest BCUT2D eigenvalue weighted by Gasteiger charge is 2.51. The Bertz CT molecular complexity index is 630. The van der Waals surface area contributed by atoms with Crippen LogP contribution in [0.5, 0.6) is 0 Å². The van der Waals surface area contributed by atoms with Gasteiger partial charge >= 0.3 is 0 Å². The molecule has 0 unspecified atom stereocenters. The van der Waals surface area contributed by atoms with Crippen molar-refractivity contribution in [1.82, 2.24) is 15.1 Å². The lowest BCUT2D eigenvalue weighted by Gasteiger charge is -2.38. The summed E-state index contributed by atoms with van der Waals surface area (Å²) in [5.41, 5.74) is 0.593. The molecule has 3 heterocycles. The van der Waals surface area contributed by atoms with Gasteiger partial charge in [-0.15, -0.1) is 0 Å². The van der Waals surface area contributed by atoms with Crippen LogP contribution >= 0.6 is 0 Å². The molecular formula is C17H19N3O3. The Morgan fingerprint density at radius 3 is 2.57 bits per heavy atom. The molecule has 1 N–H and O–H groups in total. The van der Waals surface area contributed by atoms with Crippen molar-refractivity contribution in [1.29, 1.82) is 0 Å². The molecule has 1 aromatic rings. The average molecular weight is 313 g/mol. The molecule has 0 bridgehead atoms. The van der Waals surface area contributed by atoms with Crippen LogP contribution in [0.25, 0.3) is 0 Å². The van der Waals surface area contributed by atoms with Crippen molar-refractivity contribution in [2.75, 3.05) is 13.1 Å². The van der Waals surface area contributed by atoms with Gasteiger partial charge in [-0.05, 0) is 31.4 Å². The van der Waals surface area contributed by atoms with Gasteiger partial charge in [0.25, 0.3) is 5.91 Å². The van der Waals surface area contributed by atoms with E-state index in [0.29, 0.717) is 25.1 Å². The molecule has 0 spiro atoms. The van der Waals surface area contributed by atoms with Gasteiger partial charge in [0.05, 0.1) is 0 Å². The van der Waals surface area contributed by atoms with Crippen LogP contribution in [0.1, 0.15) is 29.6 Å². The predicted octanol–water partition coefficient (Wildman–Crippen LogP) is 0.391. The Labute approximate surface area is 134 Å². The van der Waals surface area contributed by atoms with Gasteiger partial charge in [0, 0.05) is 24.7 Å². The number of benzene rings is 1. The van der Waals surface area contributed by atoms with Gasteiger partial charge in [0.15, 0.2) is 0 Å². The quantitative estimate of drug-likeness (QED) is 0.859. The minimum absolute atomic E-state index is 0.0450. The zero-order valence-electron chi connectivity index (χ0n) is 12.8. The second-order valence-corrected chi connectivity index (χ2v) is 6.47. The number of nitrogens with zero attached hydrogens (tertiary/aromatic N) is 2. The van der Waals surface area contributed by atoms with Gasteiger partial charge in [0.1, 0.15) is 12.1 Å². The summed E-state index contributed by atoms with van der Waals surface area (Å²) in [5, 5.41) is 2.95. The van der Waals surface area contributed by atoms with E-state index in [0.717, 1.165) is 12.8 Å². The fourth-order valence-corrected chi connectivity index (χ4v) is 3.95. The van der Waals surface area contributed by atoms with Crippen molar-refractivity contribution in [2.24, 2.45) is 0 Å². The summed E-state index contributed by atoms with van der Waals surface area (Å²) < 4.78 is 0. The number of nitrogens with one attached hydrogen (secondary N) is 1. The fraction of sp³-hybridized carbons (Fsp3) is 0.471. The molecule has 23 heavy (non-hydrogen) atoms. The number of carbonyl (C=O) groups excluding carboxylic acids is 3. The summed E-state index contributed by atoms with van der Waals surface area (Å²) >= 11 is 0. The van der Waals surface area contributed by atoms with Gasteiger partial charge in [-0.25, -0.2) is 0 Å². The highest BCUT2D eigenvalue weighted by Crippen LogP contribution is 2.32. The molecule has 6 nitrogen and oxygen atoms in total. The van der Waals surface area contributed by atoms with Gasteiger partial charge in [-0.2, -0.15) is 0 Å². The number of piperazine rings is 1. The monoisotopic (exact) mass is 313 g/mol. The normalized spacial score (nSPS) is 29.5. The SMILES string of the molecule is O=C(N[C@H]1C[C@H]2C(=O)N3CCC[C@H]3C(=O)N2C1)c1ccccc1. The molecule has 0 aliphatic carbocycles. The van der Waals surface area contributed by atoms with Crippen molar-refractivity contribution >= 4 is 17.7 Å². The molecule has 3 saturated heterocycles. The van der Waals surface area contributed by atoms with E-state index in [1.807, 2.05) is 18.2 Å². The summed E-state index contributed by atoms with van der Waals surface area (Å²) in [7, 11) is 0. The van der Waals surface area contributed by atoms with Gasteiger partial charge in [0.2, 0.25) is 11.8 Å². The Hall–Kier alpha value is -2.37. The Morgan fingerprint density at radius 2 is 1.78 bits per heavy atom. The molecular weight excluding hydrogens is 294 g/mol. The standard InChI is InChI=1S/C17H19N3O3/c21-15(11-5-2-1-3-6-11)18-12-9-14-17(23)19-8-4-7-13(19)16(22)20(14)10-12/h1-3,5-6,12-14H,4,7-10H2,(H,18,21)/t12-,13-,14-/m0/s1. The second kappa shape index (κ2) is 5.37. The van der Waals surface area contributed by atoms with Crippen molar-refractivity contribution in [3.05, 3.63) is 35.9 Å². The van der Waals surface area contributed by atoms with E-state index in [2.05, 4.69) is 5.32 Å². The maximum atomic E-state index is 12.6. The molecule has 3 aliphatic heterocycles. The van der Waals surface area contributed by atoms with Crippen LogP contribution in [0, 0.1) is 0 Å². The highest BCUT2D eigenvalue weighted by molar-refractivity contribution is 5.98. The summed E-state index contributed by atoms with van der Waals surface area (Å²) in [5.74, 6) is -0.0667. The smallest absolute Gasteiger partial charge is 0.251 e. The van der Waals surface area contributed by atoms with Crippen LogP contribution in [0.3, 0.4) is 0 Å². The van der Waals surface area contributed by atoms with E-state index < -0.39 is 6.04 Å². The first-order valence-corrected chi connectivity index (χ1v) is 8.12. The largest absolute Gasteiger partial charge is 0.347 e. The van der Waals surface area contributed by atoms with Crippen molar-refractivity contribution in [3.8, 4) is 0 Å². The van der Waals surface area contributed by atoms with E-state index in [-0.39, 0.29) is 29.8 Å². The number of hydrogen-bond acceptors (Lipinski definition) is 3. The summed E-state index contributed by atoms with van der Waals surface area (Å²) in [4.78, 5) is 40.8. The summed E-state index contributed by atoms with van der Waals surface area (Å²) in [6.07, 6.45) is 2.16. The molecule has 0 aromatic heterocycles. The van der Waals surface area contributed by atoms with Crippen LogP contribution in [0.4, 0.5) is 0 Å². The van der Waals surface area contributed by atoms with E-state index in [4.69, 9.17) is 0 Å². The lowest BCUT2D eigenvalue weighted by Crippen LogP contribution is -2.60. The van der Waals surface area contributed by atoms with Crippen molar-refractivity contribution in [3.63, 3.8) is 0 Å². The average Bonchev–Trinajstić information content (AvgIpc) is 3.21. The van der Waals surface area contributed by atoms with Gasteiger partial charge < -0.3 is 15.1 Å². The molecule has 4 rings (SSSR count). The number of rotatable bonds is 2. The van der Waals surface area contributed by atoms with Crippen LogP contribution in [-0.2, 0) is 9.59 Å². The minimum Gasteiger partial charge on any atom is -0.347 e. The van der Waals surface area contributed by atoms with E-state index in [1.165, 1.54) is 0 Å². The molecule has 3 aliphatic rings. The fourth-order valence-electron chi connectivity index (χ4n) is 3.95. The predicted molar refractivity (Wildman–Crippen MR) is 82.5 cm³/mol. The van der Waals surface area contributed by atoms with Crippen molar-refractivity contribution < 1.29 is 14.4 Å². The lowest BCUT2D eigenvalue weighted by molar-refractivity contribution is -0.156. The van der Waals surface area contributed by atoms with E-state index in [1.54, 1.807) is 21.9 Å². The maximum Gasteiger partial charge on any atom is 0.251 e. The number of fused-ring (bicyclic) bond motifs is 2. The van der Waals surface area contributed by atoms with Crippen molar-refractivity contribution in [2.45, 2.75) is 37.4 Å². The summed E-state index contributed by atoms with van der Waals surface area (Å²) in [6.45, 7) is 1.11. The van der Waals surface area contributed by atoms with Crippen LogP contribution in [0.2, 0.25) is 0 Å². The van der Waals surface area contributed by atoms with Crippen LogP contribution in [0.15, 0.2) is 30.3 Å². The highest BCUT2D eigenvalue weighted by atomic mass is 16.2. The molecule has 0 saturated carbocycles. The molecule has 3 fully saturated rings. The van der Waals surface area contributed by atoms with Gasteiger partial charge in [-0.3, -0.25) is 14.4 Å². The first-order valence-electron chi connectivity index (χ1n) is 8.12. The third-order valence-electron chi connectivity index (χ3n) is 5.06. The minimum atomic E-state index is -0.405. The topological polar surface area (TPSA) is 69.7 Å². The van der Waals surface area contributed by atoms with E-state index >= 15 is 0 Å². The third-order valence-corrected chi connectivity index (χ3v) is 5.06. The molecule has 3 amide bonds. The molecule has 3 atom stereocenters. The first kappa shape index (κ1) is 14.2. The zero-order valence-corrected chi connectivity index (χ0v) is 12.8. The van der Waals surface area contributed by atoms with Crippen LogP contribution < -0.4 is 5.32 Å². The van der Waals surface area contributed by atoms with Gasteiger partial charge in [-0.1, -0.05) is 18.2 Å². The number of hydrogen-bond donors (Lipinski definition) is 1. The lowest BCUT2D eigenvalue weighted by atomic mass is 10.1. The zero-order chi connectivity index (χ0) is 16.0. The Kier molecular flexibility index (Phi) is 3.32. The third kappa shape index (κ3) is 2.29. The number of carbonyl (C=O) groups is 3. The Balaban J connectivity index is 1.47. The number of amides is 3. The molecule has 1 aromatic carbocycles. The molecule has 6 heteroatoms. The summed E-state index contributed by atoms with van der Waals surface area (Å²) in [6, 6.07) is 8.15. The first-order chi connectivity index (χ1) is 11.1.